The number of anilines is 1. The first kappa shape index (κ1) is 21.4. The largest absolute Gasteiger partial charge is 0.496 e. The first-order valence-electron chi connectivity index (χ1n) is 9.81. The molecule has 1 aliphatic rings. The average molecular weight is 453 g/mol. The van der Waals surface area contributed by atoms with Crippen LogP contribution in [0, 0.1) is 5.92 Å². The van der Waals surface area contributed by atoms with Crippen LogP contribution in [0.3, 0.4) is 0 Å². The molecule has 3 aromatic rings. The second-order valence-corrected chi connectivity index (χ2v) is 7.92. The Kier molecular flexibility index (Phi) is 5.79. The molecule has 1 saturated carbocycles. The van der Waals surface area contributed by atoms with Gasteiger partial charge in [-0.05, 0) is 30.9 Å². The van der Waals surface area contributed by atoms with Gasteiger partial charge in [-0.2, -0.15) is 18.3 Å². The fourth-order valence-corrected chi connectivity index (χ4v) is 3.55. The summed E-state index contributed by atoms with van der Waals surface area (Å²) >= 11 is 6.11. The molecule has 1 N–H and O–H groups in total. The molecular formula is C21H20ClF3N4O2. The van der Waals surface area contributed by atoms with Gasteiger partial charge in [0.25, 0.3) is 0 Å². The van der Waals surface area contributed by atoms with E-state index in [0.717, 1.165) is 12.8 Å². The smallest absolute Gasteiger partial charge is 0.390 e. The highest BCUT2D eigenvalue weighted by Gasteiger charge is 2.27. The van der Waals surface area contributed by atoms with Crippen molar-refractivity contribution < 1.29 is 22.7 Å². The topological polar surface area (TPSA) is 68.5 Å². The second-order valence-electron chi connectivity index (χ2n) is 7.54. The number of nitrogens with zero attached hydrogens (tertiary/aromatic N) is 3. The first-order valence-corrected chi connectivity index (χ1v) is 10.2. The van der Waals surface area contributed by atoms with Crippen molar-refractivity contribution in [1.29, 1.82) is 0 Å². The van der Waals surface area contributed by atoms with Gasteiger partial charge in [0, 0.05) is 30.2 Å². The van der Waals surface area contributed by atoms with Crippen LogP contribution in [0.15, 0.2) is 30.5 Å². The van der Waals surface area contributed by atoms with Gasteiger partial charge in [-0.25, -0.2) is 9.50 Å². The molecule has 0 radical (unpaired) electrons. The summed E-state index contributed by atoms with van der Waals surface area (Å²) in [4.78, 5) is 16.7. The van der Waals surface area contributed by atoms with E-state index in [9.17, 15) is 18.0 Å². The van der Waals surface area contributed by atoms with E-state index in [4.69, 9.17) is 16.3 Å². The molecule has 2 heterocycles. The van der Waals surface area contributed by atoms with Crippen LogP contribution in [0.25, 0.3) is 16.9 Å². The van der Waals surface area contributed by atoms with E-state index >= 15 is 0 Å². The molecule has 4 rings (SSSR count). The van der Waals surface area contributed by atoms with E-state index in [-0.39, 0.29) is 17.5 Å². The predicted octanol–water partition coefficient (Wildman–Crippen LogP) is 5.41. The maximum absolute atomic E-state index is 12.5. The number of ketones is 1. The number of carbonyl (C=O) groups is 1. The lowest BCUT2D eigenvalue weighted by atomic mass is 10.0. The highest BCUT2D eigenvalue weighted by molar-refractivity contribution is 6.29. The third-order valence-corrected chi connectivity index (χ3v) is 5.32. The Morgan fingerprint density at radius 1 is 1.32 bits per heavy atom. The molecule has 0 amide bonds. The van der Waals surface area contributed by atoms with Gasteiger partial charge in [0.1, 0.15) is 5.75 Å². The minimum absolute atomic E-state index is 0.0720. The van der Waals surface area contributed by atoms with Crippen molar-refractivity contribution >= 4 is 28.7 Å². The van der Waals surface area contributed by atoms with Crippen LogP contribution >= 0.6 is 11.6 Å². The summed E-state index contributed by atoms with van der Waals surface area (Å²) in [6, 6.07) is 6.60. The van der Waals surface area contributed by atoms with E-state index in [1.54, 1.807) is 18.2 Å². The number of carbonyl (C=O) groups excluding carboxylic acids is 1. The molecule has 2 aromatic heterocycles. The van der Waals surface area contributed by atoms with Gasteiger partial charge in [0.05, 0.1) is 31.1 Å². The molecule has 0 saturated heterocycles. The number of hydrogen-bond acceptors (Lipinski definition) is 5. The summed E-state index contributed by atoms with van der Waals surface area (Å²) in [5.41, 5.74) is 2.41. The summed E-state index contributed by atoms with van der Waals surface area (Å²) in [5, 5.41) is 7.06. The molecule has 6 nitrogen and oxygen atoms in total. The van der Waals surface area contributed by atoms with Crippen molar-refractivity contribution in [3.8, 4) is 17.0 Å². The van der Waals surface area contributed by atoms with Crippen LogP contribution in [0.2, 0.25) is 5.15 Å². The number of methoxy groups -OCH3 is 1. The van der Waals surface area contributed by atoms with E-state index in [1.165, 1.54) is 23.9 Å². The van der Waals surface area contributed by atoms with Crippen LogP contribution in [-0.2, 0) is 0 Å². The number of nitrogens with one attached hydrogen (secondary N) is 1. The molecule has 31 heavy (non-hydrogen) atoms. The zero-order valence-electron chi connectivity index (χ0n) is 16.7. The lowest BCUT2D eigenvalue weighted by Crippen LogP contribution is -2.15. The third kappa shape index (κ3) is 4.92. The van der Waals surface area contributed by atoms with Gasteiger partial charge in [0.2, 0.25) is 0 Å². The van der Waals surface area contributed by atoms with Crippen molar-refractivity contribution in [2.24, 2.45) is 5.92 Å². The monoisotopic (exact) mass is 452 g/mol. The van der Waals surface area contributed by atoms with E-state index < -0.39 is 12.6 Å². The molecule has 10 heteroatoms. The van der Waals surface area contributed by atoms with Gasteiger partial charge >= 0.3 is 6.18 Å². The summed E-state index contributed by atoms with van der Waals surface area (Å²) in [7, 11) is 1.50. The van der Waals surface area contributed by atoms with Crippen LogP contribution < -0.4 is 10.1 Å². The van der Waals surface area contributed by atoms with Crippen LogP contribution in [0.4, 0.5) is 18.9 Å². The Morgan fingerprint density at radius 3 is 2.77 bits per heavy atom. The number of Topliss-reactive ketones (excluding diaryl/α,β-unsaturated/α-hetero) is 1. The molecule has 0 unspecified atom stereocenters. The fourth-order valence-electron chi connectivity index (χ4n) is 3.37. The number of fused-ring (bicyclic) bond motifs is 1. The van der Waals surface area contributed by atoms with E-state index in [0.29, 0.717) is 46.2 Å². The highest BCUT2D eigenvalue weighted by Crippen LogP contribution is 2.36. The number of halogens is 4. The second kappa shape index (κ2) is 8.37. The number of imidazole rings is 1. The van der Waals surface area contributed by atoms with Crippen LogP contribution in [-0.4, -0.2) is 40.2 Å². The molecule has 0 bridgehead atoms. The Labute approximate surface area is 181 Å². The Balaban J connectivity index is 1.67. The highest BCUT2D eigenvalue weighted by atomic mass is 35.5. The minimum atomic E-state index is -4.27. The van der Waals surface area contributed by atoms with Crippen molar-refractivity contribution in [2.75, 3.05) is 19.0 Å². The minimum Gasteiger partial charge on any atom is -0.496 e. The van der Waals surface area contributed by atoms with Crippen molar-refractivity contribution in [1.82, 2.24) is 14.6 Å². The normalized spacial score (nSPS) is 14.1. The zero-order valence-corrected chi connectivity index (χ0v) is 17.4. The number of ether oxygens (including phenoxy) is 1. The summed E-state index contributed by atoms with van der Waals surface area (Å²) < 4.78 is 44.4. The maximum Gasteiger partial charge on any atom is 0.390 e. The molecule has 0 spiro atoms. The Morgan fingerprint density at radius 2 is 2.10 bits per heavy atom. The quantitative estimate of drug-likeness (QED) is 0.463. The summed E-state index contributed by atoms with van der Waals surface area (Å²) in [5.74, 6) is 1.02. The molecule has 1 aliphatic carbocycles. The van der Waals surface area contributed by atoms with Gasteiger partial charge in [-0.3, -0.25) is 4.79 Å². The number of alkyl halides is 3. The summed E-state index contributed by atoms with van der Waals surface area (Å²) in [6.45, 7) is -0.317. The lowest BCUT2D eigenvalue weighted by Gasteiger charge is -2.12. The van der Waals surface area contributed by atoms with E-state index in [2.05, 4.69) is 15.4 Å². The van der Waals surface area contributed by atoms with Crippen LogP contribution in [0.5, 0.6) is 5.75 Å². The number of rotatable bonds is 8. The molecule has 0 aliphatic heterocycles. The molecule has 0 atom stereocenters. The zero-order chi connectivity index (χ0) is 22.2. The average Bonchev–Trinajstić information content (AvgIpc) is 3.42. The van der Waals surface area contributed by atoms with Crippen molar-refractivity contribution in [2.45, 2.75) is 31.9 Å². The first-order chi connectivity index (χ1) is 14.7. The maximum atomic E-state index is 12.5. The SMILES string of the molecule is COc1cc(C(=O)CC2CC2)ccc1-c1cnc2c(NCCC(F)(F)F)cc(Cl)nn12. The lowest BCUT2D eigenvalue weighted by molar-refractivity contribution is -0.131. The standard InChI is InChI=1S/C21H20ClF3N4O2/c1-31-18-9-13(17(30)8-12-2-3-12)4-5-14(18)16-11-27-20-15(10-19(22)28-29(16)20)26-7-6-21(23,24)25/h4-5,9-12,26H,2-3,6-8H2,1H3. The summed E-state index contributed by atoms with van der Waals surface area (Å²) in [6.07, 6.45) is -1.01. The van der Waals surface area contributed by atoms with Crippen molar-refractivity contribution in [3.05, 3.63) is 41.2 Å². The third-order valence-electron chi connectivity index (χ3n) is 5.13. The van der Waals surface area contributed by atoms with Crippen LogP contribution in [0.1, 0.15) is 36.0 Å². The van der Waals surface area contributed by atoms with Gasteiger partial charge in [-0.15, -0.1) is 0 Å². The fraction of sp³-hybridized carbons (Fsp3) is 0.381. The van der Waals surface area contributed by atoms with Gasteiger partial charge in [-0.1, -0.05) is 17.7 Å². The van der Waals surface area contributed by atoms with Gasteiger partial charge in [0.15, 0.2) is 16.6 Å². The van der Waals surface area contributed by atoms with Gasteiger partial charge < -0.3 is 10.1 Å². The molecule has 1 fully saturated rings. The number of hydrogen-bond donors (Lipinski definition) is 1. The van der Waals surface area contributed by atoms with E-state index in [1.807, 2.05) is 0 Å². The number of benzene rings is 1. The molecular weight excluding hydrogens is 433 g/mol. The molecule has 164 valence electrons. The number of aromatic nitrogens is 3. The Hall–Kier alpha value is -2.81. The van der Waals surface area contributed by atoms with Crippen molar-refractivity contribution in [3.63, 3.8) is 0 Å². The Bertz CT molecular complexity index is 1130. The predicted molar refractivity (Wildman–Crippen MR) is 111 cm³/mol. The molecule has 1 aromatic carbocycles.